The number of aromatic amines is 1. The average Bonchev–Trinajstić information content (AvgIpc) is 2.74. The van der Waals surface area contributed by atoms with Crippen molar-refractivity contribution in [2.24, 2.45) is 0 Å². The molecule has 2 rings (SSSR count). The van der Waals surface area contributed by atoms with E-state index in [0.29, 0.717) is 18.7 Å². The van der Waals surface area contributed by atoms with E-state index in [-0.39, 0.29) is 5.82 Å². The number of H-pyrrole nitrogens is 1. The predicted octanol–water partition coefficient (Wildman–Crippen LogP) is 2.60. The molecule has 0 radical (unpaired) electrons. The second kappa shape index (κ2) is 5.23. The first-order valence-electron chi connectivity index (χ1n) is 4.88. The molecule has 0 aliphatic rings. The summed E-state index contributed by atoms with van der Waals surface area (Å²) >= 11 is 3.22. The quantitative estimate of drug-likeness (QED) is 0.906. The highest BCUT2D eigenvalue weighted by atomic mass is 79.9. The summed E-state index contributed by atoms with van der Waals surface area (Å²) in [5.74, 6) is -0.200. The van der Waals surface area contributed by atoms with Crippen molar-refractivity contribution in [3.8, 4) is 0 Å². The highest BCUT2D eigenvalue weighted by molar-refractivity contribution is 9.10. The van der Waals surface area contributed by atoms with Gasteiger partial charge in [-0.25, -0.2) is 4.39 Å². The molecule has 0 spiro atoms. The van der Waals surface area contributed by atoms with Gasteiger partial charge in [0.1, 0.15) is 5.82 Å². The lowest BCUT2D eigenvalue weighted by Gasteiger charge is -2.05. The minimum Gasteiger partial charge on any atom is -0.308 e. The summed E-state index contributed by atoms with van der Waals surface area (Å²) in [5, 5.41) is 9.71. The van der Waals surface area contributed by atoms with E-state index in [4.69, 9.17) is 0 Å². The predicted molar refractivity (Wildman–Crippen MR) is 63.2 cm³/mol. The van der Waals surface area contributed by atoms with Gasteiger partial charge in [0.25, 0.3) is 0 Å². The van der Waals surface area contributed by atoms with Crippen LogP contribution in [0.2, 0.25) is 0 Å². The SMILES string of the molecule is Fc1cc(Br)ccc1CNCc1cn[nH]c1. The number of aromatic nitrogens is 2. The lowest BCUT2D eigenvalue weighted by atomic mass is 10.2. The van der Waals surface area contributed by atoms with Crippen LogP contribution in [0, 0.1) is 5.82 Å². The number of hydrogen-bond acceptors (Lipinski definition) is 2. The van der Waals surface area contributed by atoms with E-state index in [9.17, 15) is 4.39 Å². The molecule has 16 heavy (non-hydrogen) atoms. The van der Waals surface area contributed by atoms with Crippen LogP contribution in [0.25, 0.3) is 0 Å². The van der Waals surface area contributed by atoms with E-state index in [1.165, 1.54) is 6.07 Å². The number of halogens is 2. The molecule has 0 aliphatic carbocycles. The Bertz CT molecular complexity index is 456. The second-order valence-electron chi connectivity index (χ2n) is 3.45. The number of nitrogens with zero attached hydrogens (tertiary/aromatic N) is 1. The number of hydrogen-bond donors (Lipinski definition) is 2. The van der Waals surface area contributed by atoms with Crippen LogP contribution in [0.4, 0.5) is 4.39 Å². The Balaban J connectivity index is 1.90. The third-order valence-corrected chi connectivity index (χ3v) is 2.71. The molecule has 1 aromatic heterocycles. The van der Waals surface area contributed by atoms with Crippen LogP contribution in [-0.4, -0.2) is 10.2 Å². The molecule has 0 atom stereocenters. The van der Waals surface area contributed by atoms with Gasteiger partial charge in [0, 0.05) is 34.9 Å². The lowest BCUT2D eigenvalue weighted by Crippen LogP contribution is -2.13. The van der Waals surface area contributed by atoms with Crippen molar-refractivity contribution in [1.82, 2.24) is 15.5 Å². The molecule has 3 nitrogen and oxygen atoms in total. The molecular formula is C11H11BrFN3. The van der Waals surface area contributed by atoms with E-state index in [1.54, 1.807) is 12.3 Å². The van der Waals surface area contributed by atoms with Gasteiger partial charge in [-0.3, -0.25) is 5.10 Å². The van der Waals surface area contributed by atoms with Crippen LogP contribution < -0.4 is 5.32 Å². The van der Waals surface area contributed by atoms with Gasteiger partial charge in [-0.1, -0.05) is 22.0 Å². The van der Waals surface area contributed by atoms with Crippen molar-refractivity contribution in [2.75, 3.05) is 0 Å². The van der Waals surface area contributed by atoms with Crippen LogP contribution in [0.1, 0.15) is 11.1 Å². The Kier molecular flexibility index (Phi) is 3.69. The monoisotopic (exact) mass is 283 g/mol. The Labute approximate surface area is 101 Å². The van der Waals surface area contributed by atoms with E-state index < -0.39 is 0 Å². The average molecular weight is 284 g/mol. The Morgan fingerprint density at radius 2 is 2.25 bits per heavy atom. The Morgan fingerprint density at radius 3 is 2.94 bits per heavy atom. The fourth-order valence-corrected chi connectivity index (χ4v) is 1.71. The molecule has 0 saturated carbocycles. The first-order chi connectivity index (χ1) is 7.75. The van der Waals surface area contributed by atoms with Gasteiger partial charge in [0.2, 0.25) is 0 Å². The van der Waals surface area contributed by atoms with Gasteiger partial charge < -0.3 is 5.32 Å². The van der Waals surface area contributed by atoms with Crippen LogP contribution in [0.15, 0.2) is 35.1 Å². The summed E-state index contributed by atoms with van der Waals surface area (Å²) in [5.41, 5.74) is 1.71. The highest BCUT2D eigenvalue weighted by Gasteiger charge is 2.02. The van der Waals surface area contributed by atoms with Gasteiger partial charge in [0.15, 0.2) is 0 Å². The second-order valence-corrected chi connectivity index (χ2v) is 4.36. The molecule has 0 amide bonds. The zero-order chi connectivity index (χ0) is 11.4. The van der Waals surface area contributed by atoms with Crippen molar-refractivity contribution < 1.29 is 4.39 Å². The summed E-state index contributed by atoms with van der Waals surface area (Å²) in [6, 6.07) is 5.06. The van der Waals surface area contributed by atoms with Crippen molar-refractivity contribution in [2.45, 2.75) is 13.1 Å². The summed E-state index contributed by atoms with van der Waals surface area (Å²) in [7, 11) is 0. The Hall–Kier alpha value is -1.20. The zero-order valence-electron chi connectivity index (χ0n) is 8.50. The normalized spacial score (nSPS) is 10.6. The molecule has 5 heteroatoms. The standard InChI is InChI=1S/C11H11BrFN3/c12-10-2-1-9(11(13)3-10)7-14-4-8-5-15-16-6-8/h1-3,5-6,14H,4,7H2,(H,15,16). The third kappa shape index (κ3) is 2.90. The highest BCUT2D eigenvalue weighted by Crippen LogP contribution is 2.15. The van der Waals surface area contributed by atoms with Gasteiger partial charge in [-0.15, -0.1) is 0 Å². The van der Waals surface area contributed by atoms with Crippen LogP contribution in [0.5, 0.6) is 0 Å². The van der Waals surface area contributed by atoms with Gasteiger partial charge in [-0.05, 0) is 12.1 Å². The summed E-state index contributed by atoms with van der Waals surface area (Å²) in [4.78, 5) is 0. The van der Waals surface area contributed by atoms with Crippen LogP contribution in [-0.2, 0) is 13.1 Å². The minimum absolute atomic E-state index is 0.200. The molecule has 2 aromatic rings. The van der Waals surface area contributed by atoms with E-state index in [0.717, 1.165) is 10.0 Å². The molecule has 0 bridgehead atoms. The van der Waals surface area contributed by atoms with Crippen molar-refractivity contribution >= 4 is 15.9 Å². The summed E-state index contributed by atoms with van der Waals surface area (Å²) in [6.07, 6.45) is 3.55. The van der Waals surface area contributed by atoms with E-state index >= 15 is 0 Å². The van der Waals surface area contributed by atoms with Gasteiger partial charge in [-0.2, -0.15) is 5.10 Å². The number of benzene rings is 1. The molecule has 84 valence electrons. The minimum atomic E-state index is -0.200. The fourth-order valence-electron chi connectivity index (χ4n) is 1.38. The topological polar surface area (TPSA) is 40.7 Å². The van der Waals surface area contributed by atoms with Crippen LogP contribution >= 0.6 is 15.9 Å². The lowest BCUT2D eigenvalue weighted by molar-refractivity contribution is 0.587. The first kappa shape index (κ1) is 11.3. The maximum Gasteiger partial charge on any atom is 0.128 e. The smallest absolute Gasteiger partial charge is 0.128 e. The fraction of sp³-hybridized carbons (Fsp3) is 0.182. The largest absolute Gasteiger partial charge is 0.308 e. The van der Waals surface area contributed by atoms with E-state index in [2.05, 4.69) is 31.4 Å². The summed E-state index contributed by atoms with van der Waals surface area (Å²) < 4.78 is 14.2. The number of nitrogens with one attached hydrogen (secondary N) is 2. The van der Waals surface area contributed by atoms with Crippen molar-refractivity contribution in [3.05, 3.63) is 52.0 Å². The van der Waals surface area contributed by atoms with Gasteiger partial charge in [0.05, 0.1) is 6.20 Å². The molecule has 1 aromatic carbocycles. The van der Waals surface area contributed by atoms with E-state index in [1.807, 2.05) is 12.3 Å². The molecular weight excluding hydrogens is 273 g/mol. The number of rotatable bonds is 4. The maximum absolute atomic E-state index is 13.4. The van der Waals surface area contributed by atoms with Crippen LogP contribution in [0.3, 0.4) is 0 Å². The summed E-state index contributed by atoms with van der Waals surface area (Å²) in [6.45, 7) is 1.18. The molecule has 0 unspecified atom stereocenters. The third-order valence-electron chi connectivity index (χ3n) is 2.21. The zero-order valence-corrected chi connectivity index (χ0v) is 10.1. The van der Waals surface area contributed by atoms with Gasteiger partial charge >= 0.3 is 0 Å². The van der Waals surface area contributed by atoms with Crippen molar-refractivity contribution in [1.29, 1.82) is 0 Å². The molecule has 0 aliphatic heterocycles. The Morgan fingerprint density at radius 1 is 1.38 bits per heavy atom. The first-order valence-corrected chi connectivity index (χ1v) is 5.67. The molecule has 0 fully saturated rings. The molecule has 1 heterocycles. The maximum atomic E-state index is 13.4. The molecule has 0 saturated heterocycles. The van der Waals surface area contributed by atoms with Crippen molar-refractivity contribution in [3.63, 3.8) is 0 Å². The molecule has 2 N–H and O–H groups in total.